The minimum absolute atomic E-state index is 0.117. The predicted octanol–water partition coefficient (Wildman–Crippen LogP) is 6.00. The van der Waals surface area contributed by atoms with Crippen LogP contribution >= 0.6 is 0 Å². The molecule has 5 heteroatoms. The number of carbonyl (C=O) groups is 2. The van der Waals surface area contributed by atoms with Crippen molar-refractivity contribution in [3.63, 3.8) is 0 Å². The minimum Gasteiger partial charge on any atom is -0.464 e. The maximum absolute atomic E-state index is 12.3. The van der Waals surface area contributed by atoms with E-state index in [1.807, 2.05) is 13.8 Å². The third-order valence-electron chi connectivity index (χ3n) is 4.81. The van der Waals surface area contributed by atoms with Gasteiger partial charge in [-0.05, 0) is 18.8 Å². The van der Waals surface area contributed by atoms with Gasteiger partial charge in [0.25, 0.3) is 0 Å². The van der Waals surface area contributed by atoms with Gasteiger partial charge in [0.05, 0.1) is 6.61 Å². The van der Waals surface area contributed by atoms with Crippen molar-refractivity contribution in [2.24, 2.45) is 5.92 Å². The Labute approximate surface area is 178 Å². The summed E-state index contributed by atoms with van der Waals surface area (Å²) in [5, 5.41) is 2.55. The summed E-state index contributed by atoms with van der Waals surface area (Å²) in [5.74, 6) is 2.06. The van der Waals surface area contributed by atoms with Crippen LogP contribution in [0.15, 0.2) is 0 Å². The van der Waals surface area contributed by atoms with Gasteiger partial charge in [-0.3, -0.25) is 0 Å². The summed E-state index contributed by atoms with van der Waals surface area (Å²) in [6, 6.07) is -0.697. The first kappa shape index (κ1) is 27.3. The second kappa shape index (κ2) is 19.6. The molecule has 5 nitrogen and oxygen atoms in total. The highest BCUT2D eigenvalue weighted by atomic mass is 16.6. The topological polar surface area (TPSA) is 64.6 Å². The number of unbranched alkanes of at least 4 members (excludes halogenated alkanes) is 11. The van der Waals surface area contributed by atoms with Gasteiger partial charge >= 0.3 is 12.1 Å². The predicted molar refractivity (Wildman–Crippen MR) is 119 cm³/mol. The number of nitrogens with one attached hydrogen (secondary N) is 1. The number of alkyl carbamates (subject to hydrolysis) is 1. The molecule has 0 aliphatic heterocycles. The SMILES string of the molecule is C#CCOC(=O)NC(CC(C)C)C(=O)OCCCCCCCCCCCCCC. The van der Waals surface area contributed by atoms with Crippen LogP contribution in [-0.4, -0.2) is 31.3 Å². The molecule has 1 atom stereocenters. The van der Waals surface area contributed by atoms with E-state index in [4.69, 9.17) is 15.9 Å². The van der Waals surface area contributed by atoms with Crippen LogP contribution in [0.25, 0.3) is 0 Å². The summed E-state index contributed by atoms with van der Waals surface area (Å²) in [7, 11) is 0. The molecule has 29 heavy (non-hydrogen) atoms. The molecule has 0 aliphatic rings. The summed E-state index contributed by atoms with van der Waals surface area (Å²) in [5.41, 5.74) is 0. The maximum Gasteiger partial charge on any atom is 0.408 e. The fourth-order valence-corrected chi connectivity index (χ4v) is 3.19. The average molecular weight is 410 g/mol. The number of amides is 1. The highest BCUT2D eigenvalue weighted by Gasteiger charge is 2.23. The van der Waals surface area contributed by atoms with Crippen molar-refractivity contribution in [2.45, 2.75) is 110 Å². The first-order valence-electron chi connectivity index (χ1n) is 11.5. The van der Waals surface area contributed by atoms with Gasteiger partial charge in [-0.15, -0.1) is 6.42 Å². The molecule has 1 N–H and O–H groups in total. The van der Waals surface area contributed by atoms with Gasteiger partial charge in [-0.25, -0.2) is 9.59 Å². The van der Waals surface area contributed by atoms with Crippen molar-refractivity contribution in [3.8, 4) is 12.3 Å². The molecule has 0 spiro atoms. The molecule has 0 radical (unpaired) electrons. The second-order valence-corrected chi connectivity index (χ2v) is 8.16. The number of carbonyl (C=O) groups excluding carboxylic acids is 2. The number of terminal acetylenes is 1. The van der Waals surface area contributed by atoms with Gasteiger partial charge in [0, 0.05) is 0 Å². The molecule has 0 rings (SSSR count). The van der Waals surface area contributed by atoms with E-state index in [1.54, 1.807) is 0 Å². The van der Waals surface area contributed by atoms with Crippen LogP contribution in [0, 0.1) is 18.3 Å². The number of esters is 1. The van der Waals surface area contributed by atoms with Gasteiger partial charge < -0.3 is 14.8 Å². The molecule has 0 bridgehead atoms. The van der Waals surface area contributed by atoms with Crippen LogP contribution in [0.5, 0.6) is 0 Å². The molecule has 0 saturated carbocycles. The van der Waals surface area contributed by atoms with E-state index in [0.717, 1.165) is 12.8 Å². The highest BCUT2D eigenvalue weighted by molar-refractivity contribution is 5.81. The number of rotatable bonds is 18. The van der Waals surface area contributed by atoms with Crippen LogP contribution in [-0.2, 0) is 14.3 Å². The molecule has 168 valence electrons. The molecule has 1 amide bonds. The molecule has 0 aromatic rings. The number of ether oxygens (including phenoxy) is 2. The molecule has 1 unspecified atom stereocenters. The van der Waals surface area contributed by atoms with Crippen LogP contribution in [0.1, 0.15) is 104 Å². The Kier molecular flexibility index (Phi) is 18.5. The van der Waals surface area contributed by atoms with E-state index in [0.29, 0.717) is 13.0 Å². The Morgan fingerprint density at radius 2 is 1.38 bits per heavy atom. The van der Waals surface area contributed by atoms with Gasteiger partial charge in [-0.1, -0.05) is 97.3 Å². The Balaban J connectivity index is 3.77. The molecule has 0 heterocycles. The summed E-state index contributed by atoms with van der Waals surface area (Å²) in [6.45, 7) is 6.50. The lowest BCUT2D eigenvalue weighted by molar-refractivity contribution is -0.146. The fourth-order valence-electron chi connectivity index (χ4n) is 3.19. The number of hydrogen-bond donors (Lipinski definition) is 1. The normalized spacial score (nSPS) is 11.7. The van der Waals surface area contributed by atoms with Crippen LogP contribution in [0.3, 0.4) is 0 Å². The van der Waals surface area contributed by atoms with E-state index in [2.05, 4.69) is 18.2 Å². The zero-order valence-electron chi connectivity index (χ0n) is 19.0. The second-order valence-electron chi connectivity index (χ2n) is 8.16. The molecule has 0 aromatic heterocycles. The monoisotopic (exact) mass is 409 g/mol. The van der Waals surface area contributed by atoms with Gasteiger partial charge in [-0.2, -0.15) is 0 Å². The number of hydrogen-bond acceptors (Lipinski definition) is 4. The van der Waals surface area contributed by atoms with E-state index >= 15 is 0 Å². The summed E-state index contributed by atoms with van der Waals surface area (Å²) in [4.78, 5) is 23.9. The smallest absolute Gasteiger partial charge is 0.408 e. The maximum atomic E-state index is 12.3. The van der Waals surface area contributed by atoms with Crippen molar-refractivity contribution >= 4 is 12.1 Å². The molecule has 0 saturated heterocycles. The lowest BCUT2D eigenvalue weighted by atomic mass is 10.0. The lowest BCUT2D eigenvalue weighted by Crippen LogP contribution is -2.43. The average Bonchev–Trinajstić information content (AvgIpc) is 2.68. The molecule has 0 aliphatic carbocycles. The largest absolute Gasteiger partial charge is 0.464 e. The summed E-state index contributed by atoms with van der Waals surface area (Å²) < 4.78 is 10.1. The van der Waals surface area contributed by atoms with Gasteiger partial charge in [0.2, 0.25) is 0 Å². The van der Waals surface area contributed by atoms with Crippen LogP contribution in [0.4, 0.5) is 4.79 Å². The van der Waals surface area contributed by atoms with Crippen molar-refractivity contribution < 1.29 is 19.1 Å². The summed E-state index contributed by atoms with van der Waals surface area (Å²) in [6.07, 6.45) is 20.0. The minimum atomic E-state index is -0.697. The quantitative estimate of drug-likeness (QED) is 0.171. The first-order chi connectivity index (χ1) is 14.0. The van der Waals surface area contributed by atoms with Crippen molar-refractivity contribution in [2.75, 3.05) is 13.2 Å². The van der Waals surface area contributed by atoms with E-state index in [1.165, 1.54) is 64.2 Å². The molecular formula is C24H43NO4. The molecular weight excluding hydrogens is 366 g/mol. The first-order valence-corrected chi connectivity index (χ1v) is 11.5. The highest BCUT2D eigenvalue weighted by Crippen LogP contribution is 2.12. The standard InChI is InChI=1S/C24H43NO4/c1-5-7-8-9-10-11-12-13-14-15-16-17-19-28-23(26)22(20-21(3)4)25-24(27)29-18-6-2/h2,21-22H,5,7-20H2,1,3-4H3,(H,25,27). The van der Waals surface area contributed by atoms with E-state index in [9.17, 15) is 9.59 Å². The lowest BCUT2D eigenvalue weighted by Gasteiger charge is -2.19. The fraction of sp³-hybridized carbons (Fsp3) is 0.833. The van der Waals surface area contributed by atoms with Crippen molar-refractivity contribution in [1.29, 1.82) is 0 Å². The van der Waals surface area contributed by atoms with Crippen molar-refractivity contribution in [1.82, 2.24) is 5.32 Å². The van der Waals surface area contributed by atoms with Crippen LogP contribution in [0.2, 0.25) is 0 Å². The van der Waals surface area contributed by atoms with E-state index < -0.39 is 18.1 Å². The van der Waals surface area contributed by atoms with Crippen molar-refractivity contribution in [3.05, 3.63) is 0 Å². The van der Waals surface area contributed by atoms with Crippen LogP contribution < -0.4 is 5.32 Å². The van der Waals surface area contributed by atoms with Gasteiger partial charge in [0.15, 0.2) is 6.61 Å². The Morgan fingerprint density at radius 3 is 1.86 bits per heavy atom. The third-order valence-corrected chi connectivity index (χ3v) is 4.81. The Hall–Kier alpha value is -1.70. The Bertz CT molecular complexity index is 456. The van der Waals surface area contributed by atoms with E-state index in [-0.39, 0.29) is 12.5 Å². The Morgan fingerprint density at radius 1 is 0.862 bits per heavy atom. The van der Waals surface area contributed by atoms with Gasteiger partial charge in [0.1, 0.15) is 6.04 Å². The summed E-state index contributed by atoms with van der Waals surface area (Å²) >= 11 is 0. The zero-order chi connectivity index (χ0) is 21.7. The zero-order valence-corrected chi connectivity index (χ0v) is 19.0. The third kappa shape index (κ3) is 18.1. The molecule has 0 aromatic carbocycles. The molecule has 0 fully saturated rings.